The molecule has 34 heavy (non-hydrogen) atoms. The molecule has 1 amide bonds. The number of imidazole rings is 1. The minimum atomic E-state index is 0.00583. The number of hydrogen-bond acceptors (Lipinski definition) is 4. The maximum atomic E-state index is 13.0. The molecule has 0 N–H and O–H groups in total. The molecule has 0 spiro atoms. The lowest BCUT2D eigenvalue weighted by Crippen LogP contribution is -2.24. The summed E-state index contributed by atoms with van der Waals surface area (Å²) < 4.78 is 13.8. The summed E-state index contributed by atoms with van der Waals surface area (Å²) in [6.45, 7) is 5.91. The molecular weight excluding hydrogens is 426 g/mol. The second-order valence-electron chi connectivity index (χ2n) is 8.79. The van der Waals surface area contributed by atoms with Gasteiger partial charge in [0.05, 0.1) is 24.7 Å². The molecule has 2 heterocycles. The molecule has 0 bridgehead atoms. The Morgan fingerprint density at radius 3 is 2.56 bits per heavy atom. The number of carbonyl (C=O) groups is 1. The Kier molecular flexibility index (Phi) is 5.97. The number of anilines is 1. The Balaban J connectivity index is 1.41. The van der Waals surface area contributed by atoms with Crippen LogP contribution in [0.1, 0.15) is 29.3 Å². The van der Waals surface area contributed by atoms with E-state index in [1.807, 2.05) is 53.4 Å². The van der Waals surface area contributed by atoms with Crippen molar-refractivity contribution in [1.82, 2.24) is 9.55 Å². The summed E-state index contributed by atoms with van der Waals surface area (Å²) in [5.74, 6) is 2.72. The van der Waals surface area contributed by atoms with E-state index in [1.54, 1.807) is 7.11 Å². The van der Waals surface area contributed by atoms with Crippen LogP contribution in [0.2, 0.25) is 0 Å². The van der Waals surface area contributed by atoms with Gasteiger partial charge in [0, 0.05) is 30.6 Å². The average molecular weight is 456 g/mol. The highest BCUT2D eigenvalue weighted by Gasteiger charge is 2.35. The van der Waals surface area contributed by atoms with Crippen LogP contribution >= 0.6 is 0 Å². The topological polar surface area (TPSA) is 56.6 Å². The highest BCUT2D eigenvalue weighted by Crippen LogP contribution is 2.34. The van der Waals surface area contributed by atoms with E-state index in [2.05, 4.69) is 36.6 Å². The van der Waals surface area contributed by atoms with Crippen LogP contribution in [0.4, 0.5) is 5.69 Å². The Labute approximate surface area is 199 Å². The first-order valence-corrected chi connectivity index (χ1v) is 11.6. The molecule has 0 radical (unpaired) electrons. The van der Waals surface area contributed by atoms with Crippen molar-refractivity contribution in [2.24, 2.45) is 0 Å². The number of rotatable bonds is 7. The van der Waals surface area contributed by atoms with Gasteiger partial charge in [0.2, 0.25) is 5.91 Å². The van der Waals surface area contributed by atoms with Gasteiger partial charge in [-0.1, -0.05) is 36.4 Å². The molecule has 1 atom stereocenters. The zero-order valence-electron chi connectivity index (χ0n) is 19.8. The number of hydrogen-bond donors (Lipinski definition) is 0. The smallest absolute Gasteiger partial charge is 0.227 e. The van der Waals surface area contributed by atoms with Crippen molar-refractivity contribution in [3.8, 4) is 11.5 Å². The number of carbonyl (C=O) groups excluding carboxylic acids is 1. The van der Waals surface area contributed by atoms with Crippen molar-refractivity contribution < 1.29 is 14.3 Å². The second-order valence-corrected chi connectivity index (χ2v) is 8.79. The van der Waals surface area contributed by atoms with Crippen molar-refractivity contribution in [2.45, 2.75) is 32.7 Å². The SMILES string of the molecule is COc1cccc(N2CC(c3nc4ccccc4n3CCOc3c(C)cccc3C)CC2=O)c1. The van der Waals surface area contributed by atoms with Crippen LogP contribution < -0.4 is 14.4 Å². The monoisotopic (exact) mass is 455 g/mol. The van der Waals surface area contributed by atoms with E-state index in [4.69, 9.17) is 14.5 Å². The summed E-state index contributed by atoms with van der Waals surface area (Å²) in [6.07, 6.45) is 0.429. The second kappa shape index (κ2) is 9.21. The molecule has 4 aromatic rings. The van der Waals surface area contributed by atoms with Gasteiger partial charge in [-0.2, -0.15) is 0 Å². The largest absolute Gasteiger partial charge is 0.497 e. The van der Waals surface area contributed by atoms with Gasteiger partial charge in [0.15, 0.2) is 0 Å². The molecule has 3 aromatic carbocycles. The summed E-state index contributed by atoms with van der Waals surface area (Å²) in [4.78, 5) is 19.8. The first-order valence-electron chi connectivity index (χ1n) is 11.6. The number of nitrogens with zero attached hydrogens (tertiary/aromatic N) is 3. The summed E-state index contributed by atoms with van der Waals surface area (Å²) >= 11 is 0. The van der Waals surface area contributed by atoms with Gasteiger partial charge in [-0.25, -0.2) is 4.98 Å². The van der Waals surface area contributed by atoms with Crippen LogP contribution in [0.25, 0.3) is 11.0 Å². The maximum Gasteiger partial charge on any atom is 0.227 e. The molecule has 0 aliphatic carbocycles. The number of benzene rings is 3. The van der Waals surface area contributed by atoms with Gasteiger partial charge in [0.1, 0.15) is 23.9 Å². The Hall–Kier alpha value is -3.80. The fraction of sp³-hybridized carbons (Fsp3) is 0.286. The third-order valence-corrected chi connectivity index (χ3v) is 6.51. The number of amides is 1. The summed E-state index contributed by atoms with van der Waals surface area (Å²) in [5.41, 5.74) is 5.12. The Bertz CT molecular complexity index is 1320. The van der Waals surface area contributed by atoms with E-state index in [0.717, 1.165) is 45.2 Å². The molecule has 1 aliphatic rings. The van der Waals surface area contributed by atoms with E-state index < -0.39 is 0 Å². The lowest BCUT2D eigenvalue weighted by Gasteiger charge is -2.18. The average Bonchev–Trinajstić information content (AvgIpc) is 3.41. The summed E-state index contributed by atoms with van der Waals surface area (Å²) in [5, 5.41) is 0. The van der Waals surface area contributed by atoms with Crippen LogP contribution in [0.5, 0.6) is 11.5 Å². The third-order valence-electron chi connectivity index (χ3n) is 6.51. The lowest BCUT2D eigenvalue weighted by molar-refractivity contribution is -0.117. The number of methoxy groups -OCH3 is 1. The van der Waals surface area contributed by atoms with E-state index >= 15 is 0 Å². The standard InChI is InChI=1S/C28H29N3O3/c1-19-8-6-9-20(2)27(19)34-15-14-30-25-13-5-4-12-24(25)29-28(30)21-16-26(32)31(18-21)22-10-7-11-23(17-22)33-3/h4-13,17,21H,14-16,18H2,1-3H3. The van der Waals surface area contributed by atoms with Gasteiger partial charge in [-0.15, -0.1) is 0 Å². The van der Waals surface area contributed by atoms with Crippen LogP contribution in [0.3, 0.4) is 0 Å². The van der Waals surface area contributed by atoms with Gasteiger partial charge in [0.25, 0.3) is 0 Å². The molecule has 1 aromatic heterocycles. The minimum Gasteiger partial charge on any atom is -0.497 e. The first kappa shape index (κ1) is 22.0. The Morgan fingerprint density at radius 2 is 1.76 bits per heavy atom. The number of fused-ring (bicyclic) bond motifs is 1. The van der Waals surface area contributed by atoms with Crippen molar-refractivity contribution in [2.75, 3.05) is 25.2 Å². The number of para-hydroxylation sites is 3. The predicted octanol–water partition coefficient (Wildman–Crippen LogP) is 5.26. The molecule has 5 rings (SSSR count). The zero-order valence-corrected chi connectivity index (χ0v) is 19.8. The minimum absolute atomic E-state index is 0.00583. The van der Waals surface area contributed by atoms with Gasteiger partial charge in [-0.05, 0) is 49.2 Å². The van der Waals surface area contributed by atoms with Gasteiger partial charge >= 0.3 is 0 Å². The highest BCUT2D eigenvalue weighted by molar-refractivity contribution is 5.96. The van der Waals surface area contributed by atoms with E-state index in [1.165, 1.54) is 0 Å². The number of ether oxygens (including phenoxy) is 2. The third kappa shape index (κ3) is 4.12. The molecule has 6 heteroatoms. The van der Waals surface area contributed by atoms with E-state index in [-0.39, 0.29) is 11.8 Å². The first-order chi connectivity index (χ1) is 16.5. The van der Waals surface area contributed by atoms with Gasteiger partial charge < -0.3 is 18.9 Å². The molecule has 1 saturated heterocycles. The van der Waals surface area contributed by atoms with Crippen LogP contribution in [-0.2, 0) is 11.3 Å². The zero-order chi connectivity index (χ0) is 23.7. The number of aryl methyl sites for hydroxylation is 2. The Morgan fingerprint density at radius 1 is 1.00 bits per heavy atom. The summed E-state index contributed by atoms with van der Waals surface area (Å²) in [7, 11) is 1.64. The van der Waals surface area contributed by atoms with Crippen LogP contribution in [0, 0.1) is 13.8 Å². The quantitative estimate of drug-likeness (QED) is 0.381. The summed E-state index contributed by atoms with van der Waals surface area (Å²) in [6, 6.07) is 22.0. The lowest BCUT2D eigenvalue weighted by atomic mass is 10.1. The molecule has 0 saturated carbocycles. The van der Waals surface area contributed by atoms with Crippen molar-refractivity contribution in [3.05, 3.63) is 83.7 Å². The van der Waals surface area contributed by atoms with Crippen molar-refractivity contribution in [1.29, 1.82) is 0 Å². The normalized spacial score (nSPS) is 15.8. The van der Waals surface area contributed by atoms with Crippen LogP contribution in [-0.4, -0.2) is 35.7 Å². The molecular formula is C28H29N3O3. The molecule has 1 aliphatic heterocycles. The predicted molar refractivity (Wildman–Crippen MR) is 134 cm³/mol. The van der Waals surface area contributed by atoms with Gasteiger partial charge in [-0.3, -0.25) is 4.79 Å². The molecule has 6 nitrogen and oxygen atoms in total. The van der Waals surface area contributed by atoms with E-state index in [9.17, 15) is 4.79 Å². The molecule has 1 unspecified atom stereocenters. The maximum absolute atomic E-state index is 13.0. The van der Waals surface area contributed by atoms with Crippen molar-refractivity contribution in [3.63, 3.8) is 0 Å². The van der Waals surface area contributed by atoms with Crippen LogP contribution in [0.15, 0.2) is 66.7 Å². The molecule has 1 fully saturated rings. The van der Waals surface area contributed by atoms with Crippen molar-refractivity contribution >= 4 is 22.6 Å². The molecule has 174 valence electrons. The fourth-order valence-electron chi connectivity index (χ4n) is 4.82. The highest BCUT2D eigenvalue weighted by atomic mass is 16.5. The number of aromatic nitrogens is 2. The van der Waals surface area contributed by atoms with E-state index in [0.29, 0.717) is 26.1 Å². The fourth-order valence-corrected chi connectivity index (χ4v) is 4.82.